The van der Waals surface area contributed by atoms with Crippen molar-refractivity contribution in [2.24, 2.45) is 0 Å². The molecule has 9 aromatic rings. The average molecular weight is 566 g/mol. The first-order valence-electron chi connectivity index (χ1n) is 14.5. The summed E-state index contributed by atoms with van der Waals surface area (Å²) in [6.45, 7) is 0. The molecule has 3 heterocycles. The van der Waals surface area contributed by atoms with E-state index in [2.05, 4.69) is 54.6 Å². The molecule has 3 aromatic heterocycles. The van der Waals surface area contributed by atoms with Gasteiger partial charge in [0.1, 0.15) is 22.3 Å². The van der Waals surface area contributed by atoms with Crippen molar-refractivity contribution in [2.75, 3.05) is 0 Å². The molecule has 0 aliphatic heterocycles. The van der Waals surface area contributed by atoms with E-state index < -0.39 is 0 Å². The molecule has 0 unspecified atom stereocenters. The molecule has 9 rings (SSSR count). The second kappa shape index (κ2) is 9.75. The molecular formula is C39H23N3O2. The summed E-state index contributed by atoms with van der Waals surface area (Å²) in [5.41, 5.74) is 8.08. The third kappa shape index (κ3) is 3.91. The fraction of sp³-hybridized carbons (Fsp3) is 0. The summed E-state index contributed by atoms with van der Waals surface area (Å²) in [4.78, 5) is 15.1. The lowest BCUT2D eigenvalue weighted by atomic mass is 10.0. The highest BCUT2D eigenvalue weighted by Gasteiger charge is 2.20. The summed E-state index contributed by atoms with van der Waals surface area (Å²) in [7, 11) is 0. The van der Waals surface area contributed by atoms with Gasteiger partial charge >= 0.3 is 0 Å². The molecule has 0 spiro atoms. The maximum absolute atomic E-state index is 6.52. The highest BCUT2D eigenvalue weighted by molar-refractivity contribution is 6.15. The van der Waals surface area contributed by atoms with Gasteiger partial charge in [-0.1, -0.05) is 115 Å². The molecule has 5 nitrogen and oxygen atoms in total. The Balaban J connectivity index is 1.28. The number of nitrogens with zero attached hydrogens (tertiary/aromatic N) is 3. The van der Waals surface area contributed by atoms with Crippen molar-refractivity contribution in [1.29, 1.82) is 0 Å². The van der Waals surface area contributed by atoms with Gasteiger partial charge in [-0.15, -0.1) is 0 Å². The van der Waals surface area contributed by atoms with Crippen LogP contribution in [-0.4, -0.2) is 15.0 Å². The Labute approximate surface area is 252 Å². The first kappa shape index (κ1) is 24.5. The number of benzene rings is 6. The van der Waals surface area contributed by atoms with Crippen molar-refractivity contribution in [3.8, 4) is 45.3 Å². The summed E-state index contributed by atoms with van der Waals surface area (Å²) < 4.78 is 12.7. The van der Waals surface area contributed by atoms with Crippen LogP contribution < -0.4 is 0 Å². The molecule has 5 heteroatoms. The normalized spacial score (nSPS) is 11.6. The van der Waals surface area contributed by atoms with E-state index in [4.69, 9.17) is 23.8 Å². The van der Waals surface area contributed by atoms with Crippen molar-refractivity contribution in [2.45, 2.75) is 0 Å². The van der Waals surface area contributed by atoms with E-state index in [1.54, 1.807) is 0 Å². The topological polar surface area (TPSA) is 65.0 Å². The fourth-order valence-electron chi connectivity index (χ4n) is 6.09. The number of aromatic nitrogens is 3. The quantitative estimate of drug-likeness (QED) is 0.212. The Bertz CT molecular complexity index is 2500. The third-order valence-electron chi connectivity index (χ3n) is 8.15. The molecule has 0 fully saturated rings. The maximum atomic E-state index is 6.52. The monoisotopic (exact) mass is 565 g/mol. The van der Waals surface area contributed by atoms with E-state index in [9.17, 15) is 0 Å². The summed E-state index contributed by atoms with van der Waals surface area (Å²) in [6.07, 6.45) is 0. The Hall–Kier alpha value is -6.07. The van der Waals surface area contributed by atoms with E-state index in [-0.39, 0.29) is 0 Å². The summed E-state index contributed by atoms with van der Waals surface area (Å²) in [5, 5.41) is 4.14. The van der Waals surface area contributed by atoms with E-state index >= 15 is 0 Å². The van der Waals surface area contributed by atoms with Gasteiger partial charge in [0.2, 0.25) is 0 Å². The van der Waals surface area contributed by atoms with Crippen LogP contribution in [0.1, 0.15) is 0 Å². The van der Waals surface area contributed by atoms with E-state index in [1.807, 2.05) is 84.9 Å². The van der Waals surface area contributed by atoms with Gasteiger partial charge in [-0.05, 0) is 29.8 Å². The Morgan fingerprint density at radius 1 is 0.364 bits per heavy atom. The highest BCUT2D eigenvalue weighted by atomic mass is 16.3. The van der Waals surface area contributed by atoms with Gasteiger partial charge in [0.05, 0.1) is 0 Å². The molecular weight excluding hydrogens is 542 g/mol. The molecule has 0 saturated carbocycles. The number of furan rings is 2. The van der Waals surface area contributed by atoms with Crippen LogP contribution in [-0.2, 0) is 0 Å². The number of hydrogen-bond donors (Lipinski definition) is 0. The molecule has 0 saturated heterocycles. The second-order valence-electron chi connectivity index (χ2n) is 10.8. The minimum Gasteiger partial charge on any atom is -0.456 e. The van der Waals surface area contributed by atoms with Gasteiger partial charge in [-0.25, -0.2) is 15.0 Å². The van der Waals surface area contributed by atoms with Crippen molar-refractivity contribution < 1.29 is 8.83 Å². The largest absolute Gasteiger partial charge is 0.456 e. The molecule has 0 aliphatic rings. The van der Waals surface area contributed by atoms with Crippen LogP contribution in [0.3, 0.4) is 0 Å². The van der Waals surface area contributed by atoms with Gasteiger partial charge in [0.25, 0.3) is 0 Å². The first-order valence-corrected chi connectivity index (χ1v) is 14.5. The van der Waals surface area contributed by atoms with Crippen LogP contribution in [0.15, 0.2) is 148 Å². The summed E-state index contributed by atoms with van der Waals surface area (Å²) >= 11 is 0. The third-order valence-corrected chi connectivity index (χ3v) is 8.15. The zero-order chi connectivity index (χ0) is 29.0. The second-order valence-corrected chi connectivity index (χ2v) is 10.8. The van der Waals surface area contributed by atoms with Crippen molar-refractivity contribution in [3.05, 3.63) is 140 Å². The van der Waals surface area contributed by atoms with E-state index in [0.29, 0.717) is 17.5 Å². The number of rotatable bonds is 4. The van der Waals surface area contributed by atoms with Crippen LogP contribution in [0.2, 0.25) is 0 Å². The van der Waals surface area contributed by atoms with Gasteiger partial charge in [0.15, 0.2) is 17.5 Å². The summed E-state index contributed by atoms with van der Waals surface area (Å²) in [5.74, 6) is 1.76. The molecule has 0 radical (unpaired) electrons. The predicted octanol–water partition coefficient (Wildman–Crippen LogP) is 10.3. The van der Waals surface area contributed by atoms with Crippen LogP contribution in [0, 0.1) is 0 Å². The fourth-order valence-corrected chi connectivity index (χ4v) is 6.09. The lowest BCUT2D eigenvalue weighted by Crippen LogP contribution is -2.00. The predicted molar refractivity (Wildman–Crippen MR) is 176 cm³/mol. The molecule has 0 bridgehead atoms. The Morgan fingerprint density at radius 3 is 1.82 bits per heavy atom. The zero-order valence-corrected chi connectivity index (χ0v) is 23.4. The molecule has 44 heavy (non-hydrogen) atoms. The average Bonchev–Trinajstić information content (AvgIpc) is 3.67. The van der Waals surface area contributed by atoms with Crippen molar-refractivity contribution in [1.82, 2.24) is 15.0 Å². The van der Waals surface area contributed by atoms with Gasteiger partial charge in [0, 0.05) is 43.8 Å². The maximum Gasteiger partial charge on any atom is 0.164 e. The van der Waals surface area contributed by atoms with Crippen LogP contribution in [0.4, 0.5) is 0 Å². The van der Waals surface area contributed by atoms with Crippen LogP contribution in [0.5, 0.6) is 0 Å². The van der Waals surface area contributed by atoms with E-state index in [1.165, 1.54) is 0 Å². The Kier molecular flexibility index (Phi) is 5.43. The minimum atomic E-state index is 0.575. The summed E-state index contributed by atoms with van der Waals surface area (Å²) in [6, 6.07) is 46.9. The van der Waals surface area contributed by atoms with E-state index in [0.717, 1.165) is 71.7 Å². The smallest absolute Gasteiger partial charge is 0.164 e. The number of hydrogen-bond acceptors (Lipinski definition) is 5. The van der Waals surface area contributed by atoms with Gasteiger partial charge in [-0.2, -0.15) is 0 Å². The molecule has 0 aliphatic carbocycles. The van der Waals surface area contributed by atoms with Crippen molar-refractivity contribution >= 4 is 43.9 Å². The lowest BCUT2D eigenvalue weighted by molar-refractivity contribution is 0.669. The SMILES string of the molecule is c1ccc(-c2nc(-c3ccc4c(c3)oc3ccccc34)nc(-c3cccc4oc5c(-c6ccccc6)cccc5c34)n2)cc1. The van der Waals surface area contributed by atoms with Crippen LogP contribution in [0.25, 0.3) is 89.2 Å². The van der Waals surface area contributed by atoms with Gasteiger partial charge < -0.3 is 8.83 Å². The number of para-hydroxylation sites is 2. The zero-order valence-electron chi connectivity index (χ0n) is 23.4. The minimum absolute atomic E-state index is 0.575. The first-order chi connectivity index (χ1) is 21.8. The number of fused-ring (bicyclic) bond motifs is 6. The Morgan fingerprint density at radius 2 is 0.977 bits per heavy atom. The van der Waals surface area contributed by atoms with Crippen molar-refractivity contribution in [3.63, 3.8) is 0 Å². The molecule has 0 N–H and O–H groups in total. The molecule has 0 atom stereocenters. The van der Waals surface area contributed by atoms with Gasteiger partial charge in [-0.3, -0.25) is 0 Å². The lowest BCUT2D eigenvalue weighted by Gasteiger charge is -2.09. The standard InChI is InChI=1S/C39H23N3O2/c1-3-11-24(12-4-1)27-16-9-17-30-35-31(18-10-20-33(35)44-36(27)30)39-41-37(25-13-5-2-6-14-25)40-38(42-39)26-21-22-29-28-15-7-8-19-32(28)43-34(29)23-26/h1-23H. The molecule has 6 aromatic carbocycles. The molecule has 0 amide bonds. The highest BCUT2D eigenvalue weighted by Crippen LogP contribution is 2.40. The van der Waals surface area contributed by atoms with Crippen LogP contribution >= 0.6 is 0 Å². The molecule has 206 valence electrons.